The second-order valence-electron chi connectivity index (χ2n) is 6.75. The number of carbonyl (C=O) groups excluding carboxylic acids is 1. The van der Waals surface area contributed by atoms with Crippen LogP contribution in [-0.4, -0.2) is 19.9 Å². The van der Waals surface area contributed by atoms with Crippen LogP contribution in [0, 0.1) is 0 Å². The lowest BCUT2D eigenvalue weighted by molar-refractivity contribution is -0.577. The summed E-state index contributed by atoms with van der Waals surface area (Å²) in [6.45, 7) is 2.00. The molecule has 30 heavy (non-hydrogen) atoms. The van der Waals surface area contributed by atoms with Crippen LogP contribution >= 0.6 is 0 Å². The molecule has 1 aliphatic carbocycles. The zero-order valence-electron chi connectivity index (χ0n) is 16.1. The third kappa shape index (κ3) is 3.44. The third-order valence-corrected chi connectivity index (χ3v) is 6.18. The van der Waals surface area contributed by atoms with E-state index < -0.39 is 27.3 Å². The van der Waals surface area contributed by atoms with E-state index in [1.807, 2.05) is 19.1 Å². The Morgan fingerprint density at radius 3 is 2.13 bits per heavy atom. The minimum atomic E-state index is -4.19. The summed E-state index contributed by atoms with van der Waals surface area (Å²) >= 11 is 0. The van der Waals surface area contributed by atoms with Crippen LogP contribution in [-0.2, 0) is 16.4 Å². The maximum absolute atomic E-state index is 13.3. The Morgan fingerprint density at radius 1 is 0.900 bits per heavy atom. The molecule has 0 fully saturated rings. The summed E-state index contributed by atoms with van der Waals surface area (Å²) in [4.78, 5) is 13.1. The van der Waals surface area contributed by atoms with E-state index in [-0.39, 0.29) is 21.7 Å². The van der Waals surface area contributed by atoms with Gasteiger partial charge < -0.3 is 5.11 Å². The second-order valence-corrected chi connectivity index (χ2v) is 8.35. The maximum atomic E-state index is 13.3. The van der Waals surface area contributed by atoms with Crippen LogP contribution in [0.15, 0.2) is 88.4 Å². The molecule has 7 heteroatoms. The van der Waals surface area contributed by atoms with Crippen LogP contribution in [0.5, 0.6) is 0 Å². The van der Waals surface area contributed by atoms with E-state index in [9.17, 15) is 18.3 Å². The third-order valence-electron chi connectivity index (χ3n) is 4.89. The molecule has 0 unspecified atom stereocenters. The van der Waals surface area contributed by atoms with Gasteiger partial charge in [0, 0.05) is 17.7 Å². The molecule has 0 saturated heterocycles. The van der Waals surface area contributed by atoms with E-state index in [2.05, 4.69) is 4.40 Å². The summed E-state index contributed by atoms with van der Waals surface area (Å²) in [6, 6.07) is 17.6. The Kier molecular flexibility index (Phi) is 5.05. The van der Waals surface area contributed by atoms with Crippen molar-refractivity contribution < 1.29 is 22.9 Å². The summed E-state index contributed by atoms with van der Waals surface area (Å²) in [7, 11) is -4.19. The monoisotopic (exact) mass is 418 g/mol. The lowest BCUT2D eigenvalue weighted by atomic mass is 9.91. The van der Waals surface area contributed by atoms with E-state index >= 15 is 0 Å². The van der Waals surface area contributed by atoms with Crippen LogP contribution in [0.25, 0.3) is 11.5 Å². The van der Waals surface area contributed by atoms with Gasteiger partial charge in [0.15, 0.2) is 18.1 Å². The maximum Gasteiger partial charge on any atom is 0.283 e. The zero-order chi connectivity index (χ0) is 21.3. The summed E-state index contributed by atoms with van der Waals surface area (Å²) in [5, 5.41) is 13.3. The Morgan fingerprint density at radius 2 is 1.50 bits per heavy atom. The summed E-state index contributed by atoms with van der Waals surface area (Å²) < 4.78 is 31.0. The number of nitrogens with zero attached hydrogens (tertiary/aromatic N) is 2. The molecule has 0 radical (unpaired) electrons. The number of pyridine rings is 1. The highest BCUT2D eigenvalue weighted by molar-refractivity contribution is 7.90. The van der Waals surface area contributed by atoms with Gasteiger partial charge in [0.25, 0.3) is 10.0 Å². The molecule has 2 aromatic carbocycles. The van der Waals surface area contributed by atoms with Crippen molar-refractivity contribution in [2.24, 2.45) is 4.40 Å². The Balaban J connectivity index is 1.97. The van der Waals surface area contributed by atoms with E-state index in [4.69, 9.17) is 0 Å². The van der Waals surface area contributed by atoms with Crippen molar-refractivity contribution in [2.75, 3.05) is 0 Å². The highest BCUT2D eigenvalue weighted by atomic mass is 32.2. The minimum Gasteiger partial charge on any atom is -0.867 e. The Hall–Kier alpha value is -3.58. The van der Waals surface area contributed by atoms with Crippen LogP contribution in [0.1, 0.15) is 28.4 Å². The van der Waals surface area contributed by atoms with Gasteiger partial charge in [-0.15, -0.1) is 4.40 Å². The molecule has 0 atom stereocenters. The second kappa shape index (κ2) is 7.68. The van der Waals surface area contributed by atoms with Crippen molar-refractivity contribution in [3.63, 3.8) is 0 Å². The number of benzene rings is 2. The normalized spacial score (nSPS) is 15.4. The number of Topliss-reactive ketones (excluding diaryl/α,β-unsaturated/α-hetero) is 1. The van der Waals surface area contributed by atoms with Gasteiger partial charge in [-0.05, 0) is 35.4 Å². The number of rotatable bonds is 4. The molecule has 0 spiro atoms. The highest BCUT2D eigenvalue weighted by Crippen LogP contribution is 2.28. The molecular formula is C23H18N2O4S. The predicted octanol–water partition coefficient (Wildman–Crippen LogP) is 2.25. The fraction of sp³-hybridized carbons (Fsp3) is 0.0870. The quantitative estimate of drug-likeness (QED) is 0.608. The van der Waals surface area contributed by atoms with Crippen LogP contribution < -0.4 is 9.67 Å². The molecule has 1 heterocycles. The average Bonchev–Trinajstić information content (AvgIpc) is 2.78. The molecule has 0 N–H and O–H groups in total. The summed E-state index contributed by atoms with van der Waals surface area (Å²) in [6.07, 6.45) is 4.07. The summed E-state index contributed by atoms with van der Waals surface area (Å²) in [5.41, 5.74) is 0.926. The smallest absolute Gasteiger partial charge is 0.283 e. The largest absolute Gasteiger partial charge is 0.867 e. The van der Waals surface area contributed by atoms with Crippen molar-refractivity contribution in [1.82, 2.24) is 0 Å². The lowest BCUT2D eigenvalue weighted by Gasteiger charge is -2.23. The first-order chi connectivity index (χ1) is 14.4. The van der Waals surface area contributed by atoms with Crippen molar-refractivity contribution >= 4 is 33.0 Å². The number of aryl methyl sites for hydroxylation is 1. The van der Waals surface area contributed by atoms with Crippen molar-refractivity contribution in [2.45, 2.75) is 18.2 Å². The minimum absolute atomic E-state index is 0.0534. The van der Waals surface area contributed by atoms with E-state index in [0.717, 1.165) is 12.0 Å². The van der Waals surface area contributed by atoms with Gasteiger partial charge in [0.2, 0.25) is 11.5 Å². The molecule has 0 bridgehead atoms. The number of hydrogen-bond donors (Lipinski definition) is 0. The molecule has 1 aliphatic rings. The fourth-order valence-electron chi connectivity index (χ4n) is 3.28. The van der Waals surface area contributed by atoms with Gasteiger partial charge in [-0.2, -0.15) is 13.0 Å². The molecule has 0 amide bonds. The van der Waals surface area contributed by atoms with Gasteiger partial charge in [0.05, 0.1) is 4.90 Å². The number of hydrogen-bond acceptors (Lipinski definition) is 4. The van der Waals surface area contributed by atoms with Crippen molar-refractivity contribution in [1.29, 1.82) is 0 Å². The molecule has 0 aliphatic heterocycles. The first-order valence-electron chi connectivity index (χ1n) is 9.38. The molecule has 0 saturated carbocycles. The Labute approximate surface area is 174 Å². The fourth-order valence-corrected chi connectivity index (χ4v) is 4.30. The summed E-state index contributed by atoms with van der Waals surface area (Å²) in [5.74, 6) is -1.06. The predicted molar refractivity (Wildman–Crippen MR) is 111 cm³/mol. The van der Waals surface area contributed by atoms with Gasteiger partial charge in [0.1, 0.15) is 0 Å². The lowest BCUT2D eigenvalue weighted by Crippen LogP contribution is -2.43. The van der Waals surface area contributed by atoms with Crippen molar-refractivity contribution in [3.05, 3.63) is 95.8 Å². The van der Waals surface area contributed by atoms with Crippen LogP contribution in [0.4, 0.5) is 0 Å². The molecule has 1 aromatic heterocycles. The SMILES string of the molecule is CCc1cc[n+](C2=C([O-])c3ccccc3C(=O)C2=NS(=O)(=O)c2ccccc2)cc1. The number of aromatic nitrogens is 1. The highest BCUT2D eigenvalue weighted by Gasteiger charge is 2.35. The number of carbonyl (C=O) groups is 1. The van der Waals surface area contributed by atoms with Gasteiger partial charge in [-0.25, -0.2) is 0 Å². The molecule has 150 valence electrons. The number of ketones is 1. The number of sulfonamides is 1. The van der Waals surface area contributed by atoms with Gasteiger partial charge in [-0.1, -0.05) is 49.4 Å². The topological polar surface area (TPSA) is 90.5 Å². The zero-order valence-corrected chi connectivity index (χ0v) is 17.0. The first kappa shape index (κ1) is 19.7. The molecule has 3 aromatic rings. The standard InChI is InChI=1S/C23H18N2O4S/c1-2-16-12-14-25(15-13-16)21-20(24-30(28,29)17-8-4-3-5-9-17)22(26)18-10-6-7-11-19(18)23(21)27/h3-15H,2H2,1H3. The molecular weight excluding hydrogens is 400 g/mol. The van der Waals surface area contributed by atoms with Gasteiger partial charge >= 0.3 is 0 Å². The molecule has 4 rings (SSSR count). The molecule has 6 nitrogen and oxygen atoms in total. The van der Waals surface area contributed by atoms with Crippen LogP contribution in [0.2, 0.25) is 0 Å². The van der Waals surface area contributed by atoms with E-state index in [1.54, 1.807) is 48.8 Å². The first-order valence-corrected chi connectivity index (χ1v) is 10.8. The number of allylic oxidation sites excluding steroid dienone is 1. The Bertz CT molecular complexity index is 1290. The number of fused-ring (bicyclic) bond motifs is 1. The average molecular weight is 418 g/mol. The van der Waals surface area contributed by atoms with Gasteiger partial charge in [-0.3, -0.25) is 4.79 Å². The van der Waals surface area contributed by atoms with E-state index in [0.29, 0.717) is 0 Å². The van der Waals surface area contributed by atoms with Crippen LogP contribution in [0.3, 0.4) is 0 Å². The van der Waals surface area contributed by atoms with Crippen molar-refractivity contribution in [3.8, 4) is 0 Å². The van der Waals surface area contributed by atoms with E-state index in [1.165, 1.54) is 22.8 Å².